The summed E-state index contributed by atoms with van der Waals surface area (Å²) in [7, 11) is 1.76. The number of carbonyl (C=O) groups is 2. The van der Waals surface area contributed by atoms with Crippen LogP contribution in [-0.2, 0) is 24.4 Å². The first-order chi connectivity index (χ1) is 15.5. The summed E-state index contributed by atoms with van der Waals surface area (Å²) < 4.78 is 3.48. The number of hydrogen-bond acceptors (Lipinski definition) is 3. The van der Waals surface area contributed by atoms with Gasteiger partial charge in [0.15, 0.2) is 0 Å². The van der Waals surface area contributed by atoms with Gasteiger partial charge in [-0.05, 0) is 49.1 Å². The number of rotatable bonds is 9. The lowest BCUT2D eigenvalue weighted by Crippen LogP contribution is -2.30. The van der Waals surface area contributed by atoms with E-state index >= 15 is 0 Å². The standard InChI is InChI=1S/C25H30N4O3/c1-3-15-28-21-6-4-5-7-22(21)29(25(28)32)16-14-23(30)27(2)17-18-8-10-19(11-9-18)24(31)26-20-12-13-20/h4-11,20H,3,12-17H2,1-2H3,(H,26,31). The average molecular weight is 435 g/mol. The van der Waals surface area contributed by atoms with Crippen LogP contribution in [0.4, 0.5) is 0 Å². The highest BCUT2D eigenvalue weighted by molar-refractivity contribution is 5.94. The Morgan fingerprint density at radius 3 is 2.22 bits per heavy atom. The van der Waals surface area contributed by atoms with Gasteiger partial charge in [0.05, 0.1) is 11.0 Å². The van der Waals surface area contributed by atoms with Crippen LogP contribution in [0.3, 0.4) is 0 Å². The molecule has 2 amide bonds. The number of aromatic nitrogens is 2. The normalized spacial score (nSPS) is 13.3. The number of benzene rings is 2. The number of fused-ring (bicyclic) bond motifs is 1. The molecule has 1 saturated carbocycles. The Balaban J connectivity index is 1.38. The Labute approximate surface area is 187 Å². The van der Waals surface area contributed by atoms with Crippen LogP contribution in [0.25, 0.3) is 11.0 Å². The third-order valence-electron chi connectivity index (χ3n) is 5.90. The Kier molecular flexibility index (Phi) is 6.44. The van der Waals surface area contributed by atoms with Crippen molar-refractivity contribution in [2.24, 2.45) is 0 Å². The minimum absolute atomic E-state index is 0.0280. The number of carbonyl (C=O) groups excluding carboxylic acids is 2. The zero-order valence-electron chi connectivity index (χ0n) is 18.7. The van der Waals surface area contributed by atoms with Crippen molar-refractivity contribution in [3.8, 4) is 0 Å². The molecule has 1 fully saturated rings. The molecule has 0 atom stereocenters. The lowest BCUT2D eigenvalue weighted by Gasteiger charge is -2.17. The third-order valence-corrected chi connectivity index (χ3v) is 5.90. The molecule has 0 spiro atoms. The van der Waals surface area contributed by atoms with Gasteiger partial charge in [0, 0.05) is 44.7 Å². The van der Waals surface area contributed by atoms with E-state index in [2.05, 4.69) is 5.32 Å². The van der Waals surface area contributed by atoms with Crippen LogP contribution in [0, 0.1) is 0 Å². The van der Waals surface area contributed by atoms with Crippen LogP contribution < -0.4 is 11.0 Å². The van der Waals surface area contributed by atoms with E-state index in [9.17, 15) is 14.4 Å². The monoisotopic (exact) mass is 434 g/mol. The van der Waals surface area contributed by atoms with Gasteiger partial charge >= 0.3 is 5.69 Å². The van der Waals surface area contributed by atoms with Gasteiger partial charge in [-0.15, -0.1) is 0 Å². The number of nitrogens with one attached hydrogen (secondary N) is 1. The van der Waals surface area contributed by atoms with E-state index in [0.717, 1.165) is 35.9 Å². The van der Waals surface area contributed by atoms with E-state index in [1.165, 1.54) is 0 Å². The first kappa shape index (κ1) is 21.9. The summed E-state index contributed by atoms with van der Waals surface area (Å²) >= 11 is 0. The van der Waals surface area contributed by atoms with E-state index in [0.29, 0.717) is 31.2 Å². The number of para-hydroxylation sites is 2. The molecule has 7 nitrogen and oxygen atoms in total. The van der Waals surface area contributed by atoms with E-state index in [1.807, 2.05) is 43.3 Å². The van der Waals surface area contributed by atoms with Crippen molar-refractivity contribution in [2.75, 3.05) is 7.05 Å². The van der Waals surface area contributed by atoms with Gasteiger partial charge in [0.1, 0.15) is 0 Å². The van der Waals surface area contributed by atoms with Crippen LogP contribution in [0.1, 0.15) is 48.5 Å². The molecule has 7 heteroatoms. The van der Waals surface area contributed by atoms with Crippen LogP contribution >= 0.6 is 0 Å². The third kappa shape index (κ3) is 4.77. The zero-order valence-corrected chi connectivity index (χ0v) is 18.7. The molecule has 32 heavy (non-hydrogen) atoms. The summed E-state index contributed by atoms with van der Waals surface area (Å²) in [5.74, 6) is -0.0732. The van der Waals surface area contributed by atoms with Crippen molar-refractivity contribution >= 4 is 22.8 Å². The summed E-state index contributed by atoms with van der Waals surface area (Å²) in [5, 5.41) is 2.97. The lowest BCUT2D eigenvalue weighted by atomic mass is 10.1. The molecule has 4 rings (SSSR count). The molecule has 2 aromatic carbocycles. The Bertz CT molecular complexity index is 1170. The quantitative estimate of drug-likeness (QED) is 0.562. The van der Waals surface area contributed by atoms with Crippen LogP contribution in [0.2, 0.25) is 0 Å². The predicted octanol–water partition coefficient (Wildman–Crippen LogP) is 3.15. The number of amides is 2. The van der Waals surface area contributed by atoms with Crippen molar-refractivity contribution < 1.29 is 9.59 Å². The highest BCUT2D eigenvalue weighted by atomic mass is 16.2. The van der Waals surface area contributed by atoms with Crippen molar-refractivity contribution in [1.82, 2.24) is 19.4 Å². The fourth-order valence-electron chi connectivity index (χ4n) is 3.95. The fraction of sp³-hybridized carbons (Fsp3) is 0.400. The maximum Gasteiger partial charge on any atom is 0.329 e. The molecule has 1 aliphatic rings. The molecule has 1 heterocycles. The molecule has 0 radical (unpaired) electrons. The lowest BCUT2D eigenvalue weighted by molar-refractivity contribution is -0.130. The van der Waals surface area contributed by atoms with Crippen LogP contribution in [0.15, 0.2) is 53.3 Å². The molecule has 168 valence electrons. The van der Waals surface area contributed by atoms with E-state index in [1.54, 1.807) is 33.2 Å². The number of nitrogens with zero attached hydrogens (tertiary/aromatic N) is 3. The molecule has 0 aliphatic heterocycles. The SMILES string of the molecule is CCCn1c(=O)n(CCC(=O)N(C)Cc2ccc(C(=O)NC3CC3)cc2)c2ccccc21. The van der Waals surface area contributed by atoms with Gasteiger partial charge < -0.3 is 10.2 Å². The van der Waals surface area contributed by atoms with Crippen LogP contribution in [-0.4, -0.2) is 38.9 Å². The first-order valence-corrected chi connectivity index (χ1v) is 11.3. The largest absolute Gasteiger partial charge is 0.349 e. The maximum absolute atomic E-state index is 12.9. The van der Waals surface area contributed by atoms with Gasteiger partial charge in [-0.25, -0.2) is 4.79 Å². The smallest absolute Gasteiger partial charge is 0.329 e. The summed E-state index contributed by atoms with van der Waals surface area (Å²) in [6.45, 7) is 3.51. The number of imidazole rings is 1. The summed E-state index contributed by atoms with van der Waals surface area (Å²) in [5.41, 5.74) is 3.30. The minimum atomic E-state index is -0.0661. The Hall–Kier alpha value is -3.35. The molecule has 0 bridgehead atoms. The second kappa shape index (κ2) is 9.42. The predicted molar refractivity (Wildman–Crippen MR) is 125 cm³/mol. The summed E-state index contributed by atoms with van der Waals surface area (Å²) in [4.78, 5) is 39.4. The Morgan fingerprint density at radius 2 is 1.62 bits per heavy atom. The molecular formula is C25H30N4O3. The highest BCUT2D eigenvalue weighted by Gasteiger charge is 2.23. The average Bonchev–Trinajstić information content (AvgIpc) is 3.57. The molecule has 1 aromatic heterocycles. The number of hydrogen-bond donors (Lipinski definition) is 1. The van der Waals surface area contributed by atoms with Gasteiger partial charge in [-0.2, -0.15) is 0 Å². The Morgan fingerprint density at radius 1 is 1.00 bits per heavy atom. The molecule has 0 unspecified atom stereocenters. The summed E-state index contributed by atoms with van der Waals surface area (Å²) in [6, 6.07) is 15.4. The van der Waals surface area contributed by atoms with Gasteiger partial charge in [-0.3, -0.25) is 18.7 Å². The maximum atomic E-state index is 12.9. The van der Waals surface area contributed by atoms with E-state index in [4.69, 9.17) is 0 Å². The van der Waals surface area contributed by atoms with Crippen molar-refractivity contribution in [2.45, 2.75) is 58.3 Å². The van der Waals surface area contributed by atoms with Gasteiger partial charge in [-0.1, -0.05) is 31.2 Å². The second-order valence-corrected chi connectivity index (χ2v) is 8.52. The van der Waals surface area contributed by atoms with Crippen LogP contribution in [0.5, 0.6) is 0 Å². The molecule has 1 N–H and O–H groups in total. The van der Waals surface area contributed by atoms with Crippen molar-refractivity contribution in [1.29, 1.82) is 0 Å². The van der Waals surface area contributed by atoms with E-state index in [-0.39, 0.29) is 23.9 Å². The van der Waals surface area contributed by atoms with Crippen molar-refractivity contribution in [3.63, 3.8) is 0 Å². The molecular weight excluding hydrogens is 404 g/mol. The van der Waals surface area contributed by atoms with E-state index < -0.39 is 0 Å². The fourth-order valence-corrected chi connectivity index (χ4v) is 3.95. The minimum Gasteiger partial charge on any atom is -0.349 e. The van der Waals surface area contributed by atoms with Gasteiger partial charge in [0.2, 0.25) is 5.91 Å². The summed E-state index contributed by atoms with van der Waals surface area (Å²) in [6.07, 6.45) is 3.24. The number of aryl methyl sites for hydroxylation is 2. The molecule has 3 aromatic rings. The first-order valence-electron chi connectivity index (χ1n) is 11.3. The topological polar surface area (TPSA) is 76.3 Å². The molecule has 0 saturated heterocycles. The highest BCUT2D eigenvalue weighted by Crippen LogP contribution is 2.19. The molecule has 1 aliphatic carbocycles. The van der Waals surface area contributed by atoms with Gasteiger partial charge in [0.25, 0.3) is 5.91 Å². The van der Waals surface area contributed by atoms with Crippen molar-refractivity contribution in [3.05, 3.63) is 70.1 Å². The second-order valence-electron chi connectivity index (χ2n) is 8.52. The zero-order chi connectivity index (χ0) is 22.7.